The first-order chi connectivity index (χ1) is 8.14. The Kier molecular flexibility index (Phi) is 6.15. The molecule has 0 aromatic carbocycles. The number of nitrogens with one attached hydrogen (secondary N) is 1. The van der Waals surface area contributed by atoms with Gasteiger partial charge in [0.1, 0.15) is 5.60 Å². The fourth-order valence-corrected chi connectivity index (χ4v) is 1.87. The molecule has 0 radical (unpaired) electrons. The minimum absolute atomic E-state index is 0.0867. The zero-order valence-corrected chi connectivity index (χ0v) is 12.0. The summed E-state index contributed by atoms with van der Waals surface area (Å²) in [7, 11) is 0. The number of hydrogen-bond acceptors (Lipinski definition) is 3. The number of carboxylic acids is 1. The van der Waals surface area contributed by atoms with E-state index in [0.717, 1.165) is 6.42 Å². The summed E-state index contributed by atoms with van der Waals surface area (Å²) in [6.45, 7) is 9.16. The molecular weight excluding hydrogens is 234 g/mol. The highest BCUT2D eigenvalue weighted by Crippen LogP contribution is 2.23. The first-order valence-corrected chi connectivity index (χ1v) is 6.37. The maximum absolute atomic E-state index is 11.8. The Morgan fingerprint density at radius 3 is 2.11 bits per heavy atom. The van der Waals surface area contributed by atoms with Gasteiger partial charge in [-0.25, -0.2) is 4.79 Å². The fraction of sp³-hybridized carbons (Fsp3) is 0.846. The van der Waals surface area contributed by atoms with Gasteiger partial charge in [0.05, 0.1) is 12.0 Å². The normalized spacial score (nSPS) is 14.7. The Labute approximate surface area is 109 Å². The van der Waals surface area contributed by atoms with Crippen molar-refractivity contribution in [2.45, 2.75) is 71.4 Å². The first-order valence-electron chi connectivity index (χ1n) is 6.37. The highest BCUT2D eigenvalue weighted by Gasteiger charge is 2.33. The van der Waals surface area contributed by atoms with Gasteiger partial charge in [-0.2, -0.15) is 0 Å². The van der Waals surface area contributed by atoms with Gasteiger partial charge in [-0.15, -0.1) is 0 Å². The van der Waals surface area contributed by atoms with Crippen LogP contribution in [0.15, 0.2) is 0 Å². The Morgan fingerprint density at radius 1 is 1.22 bits per heavy atom. The molecule has 106 valence electrons. The second-order valence-corrected chi connectivity index (χ2v) is 5.58. The van der Waals surface area contributed by atoms with E-state index in [1.54, 1.807) is 20.8 Å². The topological polar surface area (TPSA) is 75.6 Å². The molecule has 0 aliphatic heterocycles. The lowest BCUT2D eigenvalue weighted by atomic mass is 9.87. The summed E-state index contributed by atoms with van der Waals surface area (Å²) in [6, 6.07) is 0. The molecular formula is C13H25NO4. The van der Waals surface area contributed by atoms with E-state index in [1.807, 2.05) is 13.8 Å². The largest absolute Gasteiger partial charge is 0.481 e. The van der Waals surface area contributed by atoms with Crippen LogP contribution in [-0.4, -0.2) is 28.3 Å². The lowest BCUT2D eigenvalue weighted by Crippen LogP contribution is -2.50. The molecule has 0 rings (SSSR count). The smallest absolute Gasteiger partial charge is 0.408 e. The summed E-state index contributed by atoms with van der Waals surface area (Å²) in [5.74, 6) is -0.915. The lowest BCUT2D eigenvalue weighted by Gasteiger charge is -2.33. The third-order valence-corrected chi connectivity index (χ3v) is 2.66. The SMILES string of the molecule is CCCC(CC)(CC(=O)O)NC(=O)OC(C)(C)C. The van der Waals surface area contributed by atoms with Gasteiger partial charge >= 0.3 is 12.1 Å². The maximum atomic E-state index is 11.8. The van der Waals surface area contributed by atoms with E-state index < -0.39 is 23.2 Å². The summed E-state index contributed by atoms with van der Waals surface area (Å²) in [5, 5.41) is 11.7. The Morgan fingerprint density at radius 2 is 1.78 bits per heavy atom. The van der Waals surface area contributed by atoms with E-state index in [1.165, 1.54) is 0 Å². The average molecular weight is 259 g/mol. The van der Waals surface area contributed by atoms with Crippen LogP contribution < -0.4 is 5.32 Å². The van der Waals surface area contributed by atoms with Crippen LogP contribution in [-0.2, 0) is 9.53 Å². The predicted molar refractivity (Wildman–Crippen MR) is 69.6 cm³/mol. The molecule has 0 aliphatic carbocycles. The number of aliphatic carboxylic acids is 1. The van der Waals surface area contributed by atoms with Crippen molar-refractivity contribution >= 4 is 12.1 Å². The number of alkyl carbamates (subject to hydrolysis) is 1. The van der Waals surface area contributed by atoms with Gasteiger partial charge in [-0.3, -0.25) is 4.79 Å². The minimum atomic E-state index is -0.915. The number of carbonyl (C=O) groups is 2. The van der Waals surface area contributed by atoms with Crippen molar-refractivity contribution in [3.63, 3.8) is 0 Å². The molecule has 5 heteroatoms. The number of ether oxygens (including phenoxy) is 1. The number of amides is 1. The van der Waals surface area contributed by atoms with E-state index in [4.69, 9.17) is 9.84 Å². The van der Waals surface area contributed by atoms with Crippen LogP contribution in [0.1, 0.15) is 60.3 Å². The van der Waals surface area contributed by atoms with Gasteiger partial charge in [0.2, 0.25) is 0 Å². The monoisotopic (exact) mass is 259 g/mol. The van der Waals surface area contributed by atoms with Crippen molar-refractivity contribution < 1.29 is 19.4 Å². The van der Waals surface area contributed by atoms with E-state index in [9.17, 15) is 9.59 Å². The van der Waals surface area contributed by atoms with Crippen LogP contribution in [0.2, 0.25) is 0 Å². The molecule has 0 saturated heterocycles. The van der Waals surface area contributed by atoms with Crippen molar-refractivity contribution in [1.82, 2.24) is 5.32 Å². The van der Waals surface area contributed by atoms with E-state index in [-0.39, 0.29) is 6.42 Å². The second kappa shape index (κ2) is 6.61. The summed E-state index contributed by atoms with van der Waals surface area (Å²) in [5.41, 5.74) is -1.30. The van der Waals surface area contributed by atoms with Gasteiger partial charge in [-0.1, -0.05) is 20.3 Å². The molecule has 0 aromatic rings. The van der Waals surface area contributed by atoms with Crippen molar-refractivity contribution in [2.24, 2.45) is 0 Å². The van der Waals surface area contributed by atoms with Gasteiger partial charge in [-0.05, 0) is 33.6 Å². The molecule has 0 saturated carbocycles. The Balaban J connectivity index is 4.76. The molecule has 2 N–H and O–H groups in total. The van der Waals surface area contributed by atoms with E-state index >= 15 is 0 Å². The molecule has 0 aromatic heterocycles. The van der Waals surface area contributed by atoms with Crippen LogP contribution in [0.5, 0.6) is 0 Å². The molecule has 1 amide bonds. The standard InChI is InChI=1S/C13H25NO4/c1-6-8-13(7-2,9-10(15)16)14-11(17)18-12(3,4)5/h6-9H2,1-5H3,(H,14,17)(H,15,16). The summed E-state index contributed by atoms with van der Waals surface area (Å²) >= 11 is 0. The molecule has 0 spiro atoms. The molecule has 0 fully saturated rings. The second-order valence-electron chi connectivity index (χ2n) is 5.58. The highest BCUT2D eigenvalue weighted by atomic mass is 16.6. The van der Waals surface area contributed by atoms with Crippen LogP contribution in [0, 0.1) is 0 Å². The molecule has 1 atom stereocenters. The summed E-state index contributed by atoms with van der Waals surface area (Å²) in [4.78, 5) is 22.7. The molecule has 0 bridgehead atoms. The number of carboxylic acid groups (broad SMARTS) is 1. The van der Waals surface area contributed by atoms with Crippen LogP contribution in [0.3, 0.4) is 0 Å². The van der Waals surface area contributed by atoms with Crippen molar-refractivity contribution in [2.75, 3.05) is 0 Å². The number of hydrogen-bond donors (Lipinski definition) is 2. The van der Waals surface area contributed by atoms with Crippen LogP contribution in [0.4, 0.5) is 4.79 Å². The van der Waals surface area contributed by atoms with Crippen LogP contribution >= 0.6 is 0 Å². The molecule has 1 unspecified atom stereocenters. The highest BCUT2D eigenvalue weighted by molar-refractivity contribution is 5.72. The minimum Gasteiger partial charge on any atom is -0.481 e. The maximum Gasteiger partial charge on any atom is 0.408 e. The average Bonchev–Trinajstić information content (AvgIpc) is 2.13. The molecule has 18 heavy (non-hydrogen) atoms. The van der Waals surface area contributed by atoms with Crippen molar-refractivity contribution in [3.05, 3.63) is 0 Å². The van der Waals surface area contributed by atoms with Gasteiger partial charge < -0.3 is 15.2 Å². The Hall–Kier alpha value is -1.26. The number of carbonyl (C=O) groups excluding carboxylic acids is 1. The van der Waals surface area contributed by atoms with Gasteiger partial charge in [0, 0.05) is 0 Å². The molecule has 5 nitrogen and oxygen atoms in total. The van der Waals surface area contributed by atoms with Crippen molar-refractivity contribution in [3.8, 4) is 0 Å². The zero-order chi connectivity index (χ0) is 14.4. The summed E-state index contributed by atoms with van der Waals surface area (Å²) in [6.07, 6.45) is 1.34. The third-order valence-electron chi connectivity index (χ3n) is 2.66. The Bertz CT molecular complexity index is 296. The molecule has 0 aliphatic rings. The summed E-state index contributed by atoms with van der Waals surface area (Å²) < 4.78 is 5.18. The van der Waals surface area contributed by atoms with Gasteiger partial charge in [0.15, 0.2) is 0 Å². The quantitative estimate of drug-likeness (QED) is 0.769. The fourth-order valence-electron chi connectivity index (χ4n) is 1.87. The van der Waals surface area contributed by atoms with E-state index in [0.29, 0.717) is 12.8 Å². The molecule has 0 heterocycles. The van der Waals surface area contributed by atoms with Crippen LogP contribution in [0.25, 0.3) is 0 Å². The first kappa shape index (κ1) is 16.7. The van der Waals surface area contributed by atoms with Gasteiger partial charge in [0.25, 0.3) is 0 Å². The predicted octanol–water partition coefficient (Wildman–Crippen LogP) is 2.93. The lowest BCUT2D eigenvalue weighted by molar-refractivity contribution is -0.138. The van der Waals surface area contributed by atoms with E-state index in [2.05, 4.69) is 5.32 Å². The zero-order valence-electron chi connectivity index (χ0n) is 12.0. The number of rotatable bonds is 6. The van der Waals surface area contributed by atoms with Crippen molar-refractivity contribution in [1.29, 1.82) is 0 Å². The third kappa shape index (κ3) is 6.47.